The Hall–Kier alpha value is -5.10. The van der Waals surface area contributed by atoms with Crippen LogP contribution in [0.5, 0.6) is 0 Å². The maximum absolute atomic E-state index is 12.5. The van der Waals surface area contributed by atoms with E-state index in [9.17, 15) is 38.1 Å². The summed E-state index contributed by atoms with van der Waals surface area (Å²) in [5.41, 5.74) is 10.7. The zero-order valence-corrected chi connectivity index (χ0v) is 65.4. The average Bonchev–Trinajstić information content (AvgIpc) is 0.947. The Morgan fingerprint density at radius 3 is 0.755 bits per heavy atom. The fourth-order valence-corrected chi connectivity index (χ4v) is 11.1. The first kappa shape index (κ1) is 99.0. The molecular weight excluding hydrogens is 1330 g/mol. The molecule has 20 heteroatoms. The number of esters is 4. The van der Waals surface area contributed by atoms with Crippen molar-refractivity contribution in [3.8, 4) is 0 Å². The van der Waals surface area contributed by atoms with E-state index in [4.69, 9.17) is 48.5 Å². The summed E-state index contributed by atoms with van der Waals surface area (Å²) in [6.45, 7) is 6.87. The molecule has 0 saturated heterocycles. The van der Waals surface area contributed by atoms with E-state index in [-0.39, 0.29) is 65.2 Å². The van der Waals surface area contributed by atoms with Gasteiger partial charge in [0.25, 0.3) is 0 Å². The molecule has 0 rings (SSSR count). The van der Waals surface area contributed by atoms with E-state index in [0.29, 0.717) is 25.7 Å². The van der Waals surface area contributed by atoms with Crippen LogP contribution in [0.25, 0.3) is 0 Å². The Balaban J connectivity index is 0. The van der Waals surface area contributed by atoms with E-state index in [1.807, 2.05) is 0 Å². The Morgan fingerprint density at radius 2 is 0.510 bits per heavy atom. The summed E-state index contributed by atoms with van der Waals surface area (Å²) in [6, 6.07) is 0. The van der Waals surface area contributed by atoms with Gasteiger partial charge < -0.3 is 40.2 Å². The van der Waals surface area contributed by atoms with Crippen LogP contribution in [-0.4, -0.2) is 98.6 Å². The van der Waals surface area contributed by atoms with E-state index in [2.05, 4.69) is 174 Å². The summed E-state index contributed by atoms with van der Waals surface area (Å²) in [4.78, 5) is 69.5. The third-order valence-corrected chi connectivity index (χ3v) is 17.1. The Morgan fingerprint density at radius 1 is 0.294 bits per heavy atom. The predicted molar refractivity (Wildman–Crippen MR) is 420 cm³/mol. The summed E-state index contributed by atoms with van der Waals surface area (Å²) in [6.07, 6.45) is 87.2. The molecule has 4 atom stereocenters. The molecule has 0 aliphatic heterocycles. The van der Waals surface area contributed by atoms with Crippen LogP contribution in [0, 0.1) is 0 Å². The zero-order valence-electron chi connectivity index (χ0n) is 63.6. The van der Waals surface area contributed by atoms with Crippen molar-refractivity contribution in [3.63, 3.8) is 0 Å². The quantitative estimate of drug-likeness (QED) is 0.0145. The largest absolute Gasteiger partial charge is 0.472 e. The number of allylic oxidation sites excluding steroid dienone is 24. The summed E-state index contributed by atoms with van der Waals surface area (Å²) in [5.74, 6) is -1.75. The van der Waals surface area contributed by atoms with Crippen molar-refractivity contribution in [1.29, 1.82) is 0 Å². The van der Waals surface area contributed by atoms with Gasteiger partial charge in [0.1, 0.15) is 13.2 Å². The summed E-state index contributed by atoms with van der Waals surface area (Å²) >= 11 is 0. The number of ether oxygens (including phenoxy) is 4. The van der Waals surface area contributed by atoms with Crippen LogP contribution < -0.4 is 11.5 Å². The number of rotatable bonds is 70. The fourth-order valence-electron chi connectivity index (χ4n) is 9.56. The highest BCUT2D eigenvalue weighted by molar-refractivity contribution is 7.47. The second-order valence-electron chi connectivity index (χ2n) is 24.8. The molecule has 0 aliphatic carbocycles. The molecule has 0 amide bonds. The monoisotopic (exact) mass is 1470 g/mol. The SMILES string of the molecule is CC/C=C\C/C=C\C/C=C\CCCCCCCC(=O)OC[C@H](COP(=O)(O)OCCN)OC(=O)CCCCCCC/C=C\C/C=C\C/C=C\CC.CC/C=C\C/C=C\C/C=C\CCCCCCCC(=O)OC[C@H](COP(=O)(O)OCCN)OC(=O)CCCCCCC/C=C\C/C=C\C/C=C\CC. The van der Waals surface area contributed by atoms with Crippen LogP contribution in [0.4, 0.5) is 0 Å². The number of hydrogen-bond donors (Lipinski definition) is 4. The normalized spacial score (nSPS) is 14.2. The number of phosphoric acid groups is 2. The third-order valence-electron chi connectivity index (χ3n) is 15.2. The maximum atomic E-state index is 12.5. The van der Waals surface area contributed by atoms with Gasteiger partial charge in [0, 0.05) is 38.8 Å². The lowest BCUT2D eigenvalue weighted by atomic mass is 10.1. The molecule has 0 saturated carbocycles. The van der Waals surface area contributed by atoms with Gasteiger partial charge in [-0.2, -0.15) is 0 Å². The minimum absolute atomic E-state index is 0.0438. The van der Waals surface area contributed by atoms with Gasteiger partial charge in [-0.15, -0.1) is 0 Å². The summed E-state index contributed by atoms with van der Waals surface area (Å²) in [5, 5.41) is 0. The molecule has 0 spiro atoms. The van der Waals surface area contributed by atoms with Crippen molar-refractivity contribution < 1.29 is 75.1 Å². The van der Waals surface area contributed by atoms with Gasteiger partial charge in [-0.3, -0.25) is 37.3 Å². The lowest BCUT2D eigenvalue weighted by molar-refractivity contribution is -0.161. The zero-order chi connectivity index (χ0) is 75.0. The van der Waals surface area contributed by atoms with Gasteiger partial charge in [-0.25, -0.2) is 9.13 Å². The molecule has 0 radical (unpaired) electrons. The van der Waals surface area contributed by atoms with E-state index in [0.717, 1.165) is 205 Å². The van der Waals surface area contributed by atoms with E-state index in [1.54, 1.807) is 0 Å². The summed E-state index contributed by atoms with van der Waals surface area (Å²) < 4.78 is 65.3. The average molecular weight is 1470 g/mol. The maximum Gasteiger partial charge on any atom is 0.472 e. The number of carbonyl (C=O) groups is 4. The first-order valence-electron chi connectivity index (χ1n) is 38.8. The van der Waals surface area contributed by atoms with Crippen LogP contribution in [0.3, 0.4) is 0 Å². The number of unbranched alkanes of at least 4 members (excludes halogenated alkanes) is 20. The molecule has 0 aliphatic rings. The van der Waals surface area contributed by atoms with Crippen molar-refractivity contribution in [3.05, 3.63) is 146 Å². The number of nitrogens with two attached hydrogens (primary N) is 2. The lowest BCUT2D eigenvalue weighted by Gasteiger charge is -2.19. The van der Waals surface area contributed by atoms with Crippen LogP contribution in [-0.2, 0) is 65.4 Å². The van der Waals surface area contributed by atoms with Crippen LogP contribution >= 0.6 is 15.6 Å². The Bertz CT molecular complexity index is 2300. The van der Waals surface area contributed by atoms with E-state index < -0.39 is 64.9 Å². The highest BCUT2D eigenvalue weighted by Crippen LogP contribution is 2.44. The highest BCUT2D eigenvalue weighted by atomic mass is 31.2. The Kier molecular flexibility index (Phi) is 76.1. The number of carbonyl (C=O) groups excluding carboxylic acids is 4. The molecule has 0 fully saturated rings. The first-order valence-corrected chi connectivity index (χ1v) is 41.8. The van der Waals surface area contributed by atoms with Gasteiger partial charge in [0.2, 0.25) is 0 Å². The van der Waals surface area contributed by atoms with Gasteiger partial charge >= 0.3 is 39.5 Å². The fraction of sp³-hybridized carbons (Fsp3) is 0.659. The Labute approximate surface area is 618 Å². The molecular formula is C82H140N2O16P2. The molecule has 102 heavy (non-hydrogen) atoms. The minimum Gasteiger partial charge on any atom is -0.462 e. The molecule has 0 aromatic rings. The minimum atomic E-state index is -4.39. The van der Waals surface area contributed by atoms with Crippen LogP contribution in [0.1, 0.15) is 285 Å². The van der Waals surface area contributed by atoms with E-state index in [1.165, 1.54) is 0 Å². The van der Waals surface area contributed by atoms with Gasteiger partial charge in [0.15, 0.2) is 12.2 Å². The number of hydrogen-bond acceptors (Lipinski definition) is 16. The molecule has 2 unspecified atom stereocenters. The first-order chi connectivity index (χ1) is 49.7. The van der Waals surface area contributed by atoms with Crippen LogP contribution in [0.2, 0.25) is 0 Å². The van der Waals surface area contributed by atoms with Gasteiger partial charge in [-0.1, -0.05) is 251 Å². The molecule has 0 heterocycles. The molecule has 6 N–H and O–H groups in total. The molecule has 0 bridgehead atoms. The molecule has 18 nitrogen and oxygen atoms in total. The molecule has 0 aromatic heterocycles. The smallest absolute Gasteiger partial charge is 0.462 e. The third kappa shape index (κ3) is 79.0. The van der Waals surface area contributed by atoms with Gasteiger partial charge in [0.05, 0.1) is 26.4 Å². The predicted octanol–water partition coefficient (Wildman–Crippen LogP) is 21.4. The second-order valence-corrected chi connectivity index (χ2v) is 27.7. The van der Waals surface area contributed by atoms with Crippen molar-refractivity contribution in [1.82, 2.24) is 0 Å². The van der Waals surface area contributed by atoms with Crippen molar-refractivity contribution in [2.24, 2.45) is 11.5 Å². The topological polar surface area (TPSA) is 269 Å². The molecule has 0 aromatic carbocycles. The van der Waals surface area contributed by atoms with Gasteiger partial charge in [-0.05, 0) is 154 Å². The second kappa shape index (κ2) is 78.5. The number of phosphoric ester groups is 2. The lowest BCUT2D eigenvalue weighted by Crippen LogP contribution is -2.29. The van der Waals surface area contributed by atoms with Crippen molar-refractivity contribution in [2.75, 3.05) is 52.7 Å². The van der Waals surface area contributed by atoms with E-state index >= 15 is 0 Å². The molecule has 584 valence electrons. The standard InChI is InChI=1S/2C41H70NO8P/c2*1-3-5-7-9-11-13-15-17-19-21-23-25-27-29-31-33-40(43)47-37-39(38-49-51(45,46)48-36-35-42)50-41(44)34-32-30-28-26-24-22-20-18-16-14-12-10-8-6-4-2/h2*5-8,11-14,17-20,39H,3-4,9-10,15-16,21-38,42H2,1-2H3,(H,45,46)/b2*7-5-,8-6-,13-11-,14-12-,19-17-,20-18-/t2*39-/m11/s1. The van der Waals surface area contributed by atoms with Crippen molar-refractivity contribution in [2.45, 2.75) is 297 Å². The summed E-state index contributed by atoms with van der Waals surface area (Å²) in [7, 11) is -8.77. The van der Waals surface area contributed by atoms with Crippen LogP contribution in [0.15, 0.2) is 146 Å². The highest BCUT2D eigenvalue weighted by Gasteiger charge is 2.27. The van der Waals surface area contributed by atoms with Crippen molar-refractivity contribution >= 4 is 39.5 Å².